The summed E-state index contributed by atoms with van der Waals surface area (Å²) in [5, 5.41) is 41.7. The van der Waals surface area contributed by atoms with E-state index in [0.717, 1.165) is 70.6 Å². The average Bonchev–Trinajstić information content (AvgIpc) is 3.58. The number of cyclic esters (lactones) is 1. The SMILES string of the molecule is CCCCCCCCCCCC[C@@H](O)[C@H]1CC[C@H]([C@H](O)CCCC[C@H](O)CCCCC[C@@H](O)CC2=C[C@H](C)OC2=O)O1. The first-order valence-corrected chi connectivity index (χ1v) is 17.6. The molecular formula is C35H64O7. The zero-order chi connectivity index (χ0) is 30.6. The number of esters is 1. The lowest BCUT2D eigenvalue weighted by Gasteiger charge is -2.22. The highest BCUT2D eigenvalue weighted by Gasteiger charge is 2.34. The molecule has 0 aliphatic carbocycles. The third-order valence-electron chi connectivity index (χ3n) is 9.11. The van der Waals surface area contributed by atoms with Crippen LogP contribution in [0.1, 0.15) is 162 Å². The van der Waals surface area contributed by atoms with Crippen LogP contribution in [0.2, 0.25) is 0 Å². The smallest absolute Gasteiger partial charge is 0.334 e. The molecule has 0 radical (unpaired) electrons. The highest BCUT2D eigenvalue weighted by atomic mass is 16.5. The summed E-state index contributed by atoms with van der Waals surface area (Å²) in [5.74, 6) is -0.314. The summed E-state index contributed by atoms with van der Waals surface area (Å²) >= 11 is 0. The fourth-order valence-electron chi connectivity index (χ4n) is 6.42. The van der Waals surface area contributed by atoms with Crippen molar-refractivity contribution >= 4 is 5.97 Å². The van der Waals surface area contributed by atoms with Crippen LogP contribution in [0.5, 0.6) is 0 Å². The van der Waals surface area contributed by atoms with Gasteiger partial charge in [0.1, 0.15) is 6.10 Å². The number of aliphatic hydroxyl groups is 4. The summed E-state index contributed by atoms with van der Waals surface area (Å²) in [6.45, 7) is 4.07. The van der Waals surface area contributed by atoms with Crippen LogP contribution >= 0.6 is 0 Å². The largest absolute Gasteiger partial charge is 0.455 e. The average molecular weight is 597 g/mol. The summed E-state index contributed by atoms with van der Waals surface area (Å²) < 4.78 is 11.1. The van der Waals surface area contributed by atoms with Gasteiger partial charge in [0.25, 0.3) is 0 Å². The molecule has 1 saturated heterocycles. The molecule has 2 heterocycles. The van der Waals surface area contributed by atoms with Crippen molar-refractivity contribution in [1.82, 2.24) is 0 Å². The van der Waals surface area contributed by atoms with Gasteiger partial charge < -0.3 is 29.9 Å². The van der Waals surface area contributed by atoms with Gasteiger partial charge in [-0.1, -0.05) is 103 Å². The first kappa shape index (κ1) is 37.2. The Morgan fingerprint density at radius 3 is 1.62 bits per heavy atom. The highest BCUT2D eigenvalue weighted by molar-refractivity contribution is 5.90. The lowest BCUT2D eigenvalue weighted by atomic mass is 9.99. The van der Waals surface area contributed by atoms with Crippen LogP contribution < -0.4 is 0 Å². The molecule has 0 spiro atoms. The maximum atomic E-state index is 11.6. The van der Waals surface area contributed by atoms with Crippen molar-refractivity contribution < 1.29 is 34.7 Å². The van der Waals surface area contributed by atoms with Crippen LogP contribution in [0.25, 0.3) is 0 Å². The van der Waals surface area contributed by atoms with E-state index in [1.54, 1.807) is 6.08 Å². The van der Waals surface area contributed by atoms with E-state index in [-0.39, 0.29) is 30.4 Å². The molecule has 4 N–H and O–H groups in total. The Hall–Kier alpha value is -0.990. The van der Waals surface area contributed by atoms with Gasteiger partial charge in [-0.3, -0.25) is 0 Å². The molecular weight excluding hydrogens is 532 g/mol. The van der Waals surface area contributed by atoms with E-state index >= 15 is 0 Å². The first-order valence-electron chi connectivity index (χ1n) is 17.6. The van der Waals surface area contributed by atoms with Crippen LogP contribution in [0.4, 0.5) is 0 Å². The second-order valence-electron chi connectivity index (χ2n) is 13.1. The van der Waals surface area contributed by atoms with Crippen LogP contribution in [-0.2, 0) is 14.3 Å². The lowest BCUT2D eigenvalue weighted by Crippen LogP contribution is -2.31. The third kappa shape index (κ3) is 16.2. The minimum Gasteiger partial charge on any atom is -0.455 e. The van der Waals surface area contributed by atoms with Crippen molar-refractivity contribution in [3.8, 4) is 0 Å². The lowest BCUT2D eigenvalue weighted by molar-refractivity contribution is -0.139. The number of aliphatic hydroxyl groups excluding tert-OH is 4. The molecule has 0 bridgehead atoms. The Labute approximate surface area is 256 Å². The topological polar surface area (TPSA) is 116 Å². The molecule has 42 heavy (non-hydrogen) atoms. The minimum atomic E-state index is -0.530. The van der Waals surface area contributed by atoms with Gasteiger partial charge in [0.2, 0.25) is 0 Å². The third-order valence-corrected chi connectivity index (χ3v) is 9.11. The second kappa shape index (κ2) is 22.5. The van der Waals surface area contributed by atoms with E-state index in [1.165, 1.54) is 57.8 Å². The van der Waals surface area contributed by atoms with Crippen LogP contribution in [0, 0.1) is 0 Å². The number of ether oxygens (including phenoxy) is 2. The van der Waals surface area contributed by atoms with Crippen molar-refractivity contribution in [3.05, 3.63) is 11.6 Å². The molecule has 0 unspecified atom stereocenters. The summed E-state index contributed by atoms with van der Waals surface area (Å²) in [5.41, 5.74) is 0.576. The van der Waals surface area contributed by atoms with E-state index in [2.05, 4.69) is 6.92 Å². The van der Waals surface area contributed by atoms with E-state index in [1.807, 2.05) is 6.92 Å². The fraction of sp³-hybridized carbons (Fsp3) is 0.914. The summed E-state index contributed by atoms with van der Waals surface area (Å²) in [4.78, 5) is 11.6. The van der Waals surface area contributed by atoms with Gasteiger partial charge in [-0.05, 0) is 57.9 Å². The van der Waals surface area contributed by atoms with Crippen molar-refractivity contribution in [2.45, 2.75) is 204 Å². The van der Waals surface area contributed by atoms with E-state index in [4.69, 9.17) is 9.47 Å². The minimum absolute atomic E-state index is 0.147. The molecule has 2 rings (SSSR count). The van der Waals surface area contributed by atoms with Crippen LogP contribution in [0.15, 0.2) is 11.6 Å². The normalized spacial score (nSPS) is 23.5. The van der Waals surface area contributed by atoms with E-state index in [0.29, 0.717) is 24.8 Å². The predicted octanol–water partition coefficient (Wildman–Crippen LogP) is 7.06. The molecule has 2 aliphatic heterocycles. The quantitative estimate of drug-likeness (QED) is 0.0624. The molecule has 0 amide bonds. The van der Waals surface area contributed by atoms with Gasteiger partial charge >= 0.3 is 5.97 Å². The van der Waals surface area contributed by atoms with Crippen molar-refractivity contribution in [1.29, 1.82) is 0 Å². The number of hydrogen-bond acceptors (Lipinski definition) is 7. The Kier molecular flexibility index (Phi) is 19.9. The van der Waals surface area contributed by atoms with E-state index < -0.39 is 18.3 Å². The summed E-state index contributed by atoms with van der Waals surface area (Å²) in [6.07, 6.45) is 22.4. The van der Waals surface area contributed by atoms with Crippen molar-refractivity contribution in [2.75, 3.05) is 0 Å². The number of carbonyl (C=O) groups is 1. The second-order valence-corrected chi connectivity index (χ2v) is 13.1. The Morgan fingerprint density at radius 2 is 1.10 bits per heavy atom. The number of carbonyl (C=O) groups excluding carboxylic acids is 1. The van der Waals surface area contributed by atoms with Crippen molar-refractivity contribution in [2.24, 2.45) is 0 Å². The Balaban J connectivity index is 1.41. The van der Waals surface area contributed by atoms with Gasteiger partial charge in [0, 0.05) is 12.0 Å². The maximum Gasteiger partial charge on any atom is 0.334 e. The van der Waals surface area contributed by atoms with Gasteiger partial charge in [0.05, 0.1) is 36.6 Å². The molecule has 0 aromatic rings. The monoisotopic (exact) mass is 596 g/mol. The molecule has 0 saturated carbocycles. The number of unbranched alkanes of at least 4 members (excludes halogenated alkanes) is 12. The fourth-order valence-corrected chi connectivity index (χ4v) is 6.42. The summed E-state index contributed by atoms with van der Waals surface area (Å²) in [6, 6.07) is 0. The number of rotatable bonds is 26. The molecule has 0 aromatic heterocycles. The molecule has 246 valence electrons. The number of hydrogen-bond donors (Lipinski definition) is 4. The molecule has 7 heteroatoms. The Bertz CT molecular complexity index is 726. The van der Waals surface area contributed by atoms with Gasteiger partial charge in [-0.15, -0.1) is 0 Å². The van der Waals surface area contributed by atoms with Crippen molar-refractivity contribution in [3.63, 3.8) is 0 Å². The zero-order valence-corrected chi connectivity index (χ0v) is 26.9. The zero-order valence-electron chi connectivity index (χ0n) is 26.9. The highest BCUT2D eigenvalue weighted by Crippen LogP contribution is 2.28. The first-order chi connectivity index (χ1) is 20.3. The molecule has 7 atom stereocenters. The summed E-state index contributed by atoms with van der Waals surface area (Å²) in [7, 11) is 0. The molecule has 1 fully saturated rings. The van der Waals surface area contributed by atoms with Gasteiger partial charge in [0.15, 0.2) is 0 Å². The van der Waals surface area contributed by atoms with Crippen LogP contribution in [-0.4, -0.2) is 69.1 Å². The Morgan fingerprint density at radius 1 is 0.667 bits per heavy atom. The molecule has 7 nitrogen and oxygen atoms in total. The van der Waals surface area contributed by atoms with Crippen LogP contribution in [0.3, 0.4) is 0 Å². The maximum absolute atomic E-state index is 11.6. The van der Waals surface area contributed by atoms with Gasteiger partial charge in [-0.2, -0.15) is 0 Å². The standard InChI is InChI=1S/C35H64O7/c1-3-4-5-6-7-8-9-10-11-15-21-31(38)33-23-24-34(42-33)32(39)22-17-16-19-29(36)18-13-12-14-20-30(37)26-28-25-27(2)41-35(28)40/h25,27,29-34,36-39H,3-24,26H2,1-2H3/t27-,29+,30+,31+,32+,33+,34+/m0/s1. The molecule has 2 aliphatic rings. The molecule has 0 aromatic carbocycles. The predicted molar refractivity (Wildman–Crippen MR) is 168 cm³/mol. The van der Waals surface area contributed by atoms with Gasteiger partial charge in [-0.25, -0.2) is 4.79 Å². The van der Waals surface area contributed by atoms with E-state index in [9.17, 15) is 25.2 Å².